The Labute approximate surface area is 155 Å². The van der Waals surface area contributed by atoms with Crippen LogP contribution in [0.5, 0.6) is 0 Å². The van der Waals surface area contributed by atoms with Crippen LogP contribution in [-0.2, 0) is 0 Å². The molecule has 3 rings (SSSR count). The number of fused-ring (bicyclic) bond motifs is 1. The number of halogens is 1. The molecule has 26 heavy (non-hydrogen) atoms. The predicted molar refractivity (Wildman–Crippen MR) is 106 cm³/mol. The lowest BCUT2D eigenvalue weighted by atomic mass is 10.1. The van der Waals surface area contributed by atoms with Gasteiger partial charge in [0.1, 0.15) is 12.1 Å². The summed E-state index contributed by atoms with van der Waals surface area (Å²) in [5.74, 6) is 0.901. The van der Waals surface area contributed by atoms with Gasteiger partial charge >= 0.3 is 0 Å². The van der Waals surface area contributed by atoms with Crippen LogP contribution in [0.25, 0.3) is 22.0 Å². The number of rotatable bonds is 5. The maximum atomic E-state index is 6.03. The normalized spacial score (nSPS) is 12.2. The number of aromatic nitrogens is 4. The zero-order valence-electron chi connectivity index (χ0n) is 14.0. The highest BCUT2D eigenvalue weighted by Crippen LogP contribution is 2.27. The highest BCUT2D eigenvalue weighted by molar-refractivity contribution is 6.31. The molecule has 0 unspecified atom stereocenters. The van der Waals surface area contributed by atoms with Crippen LogP contribution in [0.15, 0.2) is 64.9 Å². The summed E-state index contributed by atoms with van der Waals surface area (Å²) in [5.41, 5.74) is 8.95. The molecule has 130 valence electrons. The van der Waals surface area contributed by atoms with E-state index in [9.17, 15) is 0 Å². The quantitative estimate of drug-likeness (QED) is 0.527. The second kappa shape index (κ2) is 7.71. The van der Waals surface area contributed by atoms with Crippen LogP contribution in [0, 0.1) is 0 Å². The second-order valence-electron chi connectivity index (χ2n) is 5.43. The number of allylic oxidation sites excluding steroid dienone is 3. The standard InChI is InChI=1S/C18H16ClN7/c1-11(5-14(19)9-21-2)26-17-15-6-12(3-4-16(15)24-10-25-17)13-7-22-18(20)23-8-13/h3-10H,2H2,1H3,(H2,20,22,23)(H,24,25,26)/b11-5+,14-9+. The van der Waals surface area contributed by atoms with Crippen LogP contribution in [0.3, 0.4) is 0 Å². The fraction of sp³-hybridized carbons (Fsp3) is 0.0556. The molecule has 2 heterocycles. The first-order valence-electron chi connectivity index (χ1n) is 7.66. The summed E-state index contributed by atoms with van der Waals surface area (Å²) in [7, 11) is 0. The van der Waals surface area contributed by atoms with Crippen molar-refractivity contribution in [3.63, 3.8) is 0 Å². The molecule has 7 nitrogen and oxygen atoms in total. The highest BCUT2D eigenvalue weighted by atomic mass is 35.5. The average Bonchev–Trinajstić information content (AvgIpc) is 2.62. The molecule has 0 aliphatic heterocycles. The van der Waals surface area contributed by atoms with Crippen molar-refractivity contribution >= 4 is 41.0 Å². The van der Waals surface area contributed by atoms with E-state index in [1.165, 1.54) is 12.5 Å². The average molecular weight is 366 g/mol. The topological polar surface area (TPSA) is 102 Å². The lowest BCUT2D eigenvalue weighted by Gasteiger charge is -2.10. The minimum absolute atomic E-state index is 0.236. The Morgan fingerprint density at radius 3 is 2.69 bits per heavy atom. The van der Waals surface area contributed by atoms with Gasteiger partial charge < -0.3 is 11.1 Å². The first-order chi connectivity index (χ1) is 12.6. The number of hydrogen-bond donors (Lipinski definition) is 2. The SMILES string of the molecule is C=N/C=C(Cl)\C=C(/C)Nc1ncnc2ccc(-c3cnc(N)nc3)cc12. The zero-order chi connectivity index (χ0) is 18.5. The number of nitrogens with zero attached hydrogens (tertiary/aromatic N) is 5. The molecule has 2 aromatic heterocycles. The van der Waals surface area contributed by atoms with Crippen LogP contribution in [0.1, 0.15) is 6.92 Å². The molecular formula is C18H16ClN7. The van der Waals surface area contributed by atoms with Crippen molar-refractivity contribution in [3.8, 4) is 11.1 Å². The van der Waals surface area contributed by atoms with E-state index in [0.717, 1.165) is 27.7 Å². The Balaban J connectivity index is 2.00. The summed E-state index contributed by atoms with van der Waals surface area (Å²) in [6.45, 7) is 5.26. The van der Waals surface area contributed by atoms with E-state index >= 15 is 0 Å². The summed E-state index contributed by atoms with van der Waals surface area (Å²) in [6.07, 6.45) is 8.06. The minimum Gasteiger partial charge on any atom is -0.368 e. The molecule has 0 saturated carbocycles. The Bertz CT molecular complexity index is 1010. The molecule has 3 N–H and O–H groups in total. The van der Waals surface area contributed by atoms with Crippen LogP contribution in [-0.4, -0.2) is 26.7 Å². The molecule has 0 fully saturated rings. The molecule has 3 aromatic rings. The smallest absolute Gasteiger partial charge is 0.219 e. The van der Waals surface area contributed by atoms with Gasteiger partial charge in [0.25, 0.3) is 0 Å². The summed E-state index contributed by atoms with van der Waals surface area (Å²) >= 11 is 6.03. The largest absolute Gasteiger partial charge is 0.368 e. The zero-order valence-corrected chi connectivity index (χ0v) is 14.8. The third kappa shape index (κ3) is 4.01. The fourth-order valence-electron chi connectivity index (χ4n) is 2.38. The van der Waals surface area contributed by atoms with E-state index in [1.807, 2.05) is 25.1 Å². The van der Waals surface area contributed by atoms with Crippen molar-refractivity contribution in [3.05, 3.63) is 59.9 Å². The van der Waals surface area contributed by atoms with Crippen molar-refractivity contribution in [1.82, 2.24) is 19.9 Å². The molecule has 0 radical (unpaired) electrons. The van der Waals surface area contributed by atoms with E-state index in [1.54, 1.807) is 18.5 Å². The Morgan fingerprint density at radius 1 is 1.19 bits per heavy atom. The van der Waals surface area contributed by atoms with Crippen molar-refractivity contribution in [2.45, 2.75) is 6.92 Å². The highest BCUT2D eigenvalue weighted by Gasteiger charge is 2.07. The molecule has 0 saturated heterocycles. The number of benzene rings is 1. The molecule has 0 aliphatic carbocycles. The van der Waals surface area contributed by atoms with E-state index in [2.05, 4.69) is 37.0 Å². The summed E-state index contributed by atoms with van der Waals surface area (Å²) < 4.78 is 0. The fourth-order valence-corrected chi connectivity index (χ4v) is 2.61. The molecule has 1 aromatic carbocycles. The maximum Gasteiger partial charge on any atom is 0.219 e. The van der Waals surface area contributed by atoms with Gasteiger partial charge in [-0.15, -0.1) is 0 Å². The third-order valence-corrected chi connectivity index (χ3v) is 3.73. The Kier molecular flexibility index (Phi) is 5.19. The van der Waals surface area contributed by atoms with E-state index in [0.29, 0.717) is 10.9 Å². The maximum absolute atomic E-state index is 6.03. The third-order valence-electron chi connectivity index (χ3n) is 3.53. The summed E-state index contributed by atoms with van der Waals surface area (Å²) in [4.78, 5) is 20.3. The van der Waals surface area contributed by atoms with Crippen LogP contribution in [0.4, 0.5) is 11.8 Å². The summed E-state index contributed by atoms with van der Waals surface area (Å²) in [5, 5.41) is 4.55. The van der Waals surface area contributed by atoms with Gasteiger partial charge in [-0.25, -0.2) is 19.9 Å². The van der Waals surface area contributed by atoms with Gasteiger partial charge in [0, 0.05) is 35.2 Å². The van der Waals surface area contributed by atoms with Crippen LogP contribution in [0.2, 0.25) is 0 Å². The number of nitrogens with one attached hydrogen (secondary N) is 1. The number of aliphatic imine (C=N–C) groups is 1. The first kappa shape index (κ1) is 17.5. The lowest BCUT2D eigenvalue weighted by Crippen LogP contribution is -2.00. The van der Waals surface area contributed by atoms with Crippen molar-refractivity contribution in [2.75, 3.05) is 11.1 Å². The van der Waals surface area contributed by atoms with Gasteiger partial charge in [0.15, 0.2) is 0 Å². The molecule has 0 atom stereocenters. The number of hydrogen-bond acceptors (Lipinski definition) is 7. The van der Waals surface area contributed by atoms with Crippen LogP contribution < -0.4 is 11.1 Å². The molecular weight excluding hydrogens is 350 g/mol. The molecule has 0 amide bonds. The van der Waals surface area contributed by atoms with E-state index in [4.69, 9.17) is 17.3 Å². The van der Waals surface area contributed by atoms with Gasteiger partial charge in [0.05, 0.1) is 10.5 Å². The van der Waals surface area contributed by atoms with Crippen molar-refractivity contribution in [1.29, 1.82) is 0 Å². The van der Waals surface area contributed by atoms with Crippen molar-refractivity contribution in [2.24, 2.45) is 4.99 Å². The van der Waals surface area contributed by atoms with Gasteiger partial charge in [-0.1, -0.05) is 17.7 Å². The Hall–Kier alpha value is -3.32. The number of nitrogen functional groups attached to an aromatic ring is 1. The monoisotopic (exact) mass is 365 g/mol. The molecule has 8 heteroatoms. The van der Waals surface area contributed by atoms with Gasteiger partial charge in [-0.05, 0) is 37.4 Å². The molecule has 0 aliphatic rings. The van der Waals surface area contributed by atoms with E-state index in [-0.39, 0.29) is 5.95 Å². The summed E-state index contributed by atoms with van der Waals surface area (Å²) in [6, 6.07) is 5.84. The van der Waals surface area contributed by atoms with E-state index < -0.39 is 0 Å². The Morgan fingerprint density at radius 2 is 1.96 bits per heavy atom. The van der Waals surface area contributed by atoms with Crippen molar-refractivity contribution < 1.29 is 0 Å². The van der Waals surface area contributed by atoms with Gasteiger partial charge in [-0.3, -0.25) is 4.99 Å². The van der Waals surface area contributed by atoms with Crippen LogP contribution >= 0.6 is 11.6 Å². The number of nitrogens with two attached hydrogens (primary N) is 1. The lowest BCUT2D eigenvalue weighted by molar-refractivity contribution is 1.18. The van der Waals surface area contributed by atoms with Gasteiger partial charge in [-0.2, -0.15) is 0 Å². The second-order valence-corrected chi connectivity index (χ2v) is 5.87. The predicted octanol–water partition coefficient (Wildman–Crippen LogP) is 3.77. The molecule has 0 bridgehead atoms. The minimum atomic E-state index is 0.236. The van der Waals surface area contributed by atoms with Gasteiger partial charge in [0.2, 0.25) is 5.95 Å². The molecule has 0 spiro atoms. The first-order valence-corrected chi connectivity index (χ1v) is 8.04. The number of anilines is 2.